The van der Waals surface area contributed by atoms with Crippen molar-refractivity contribution in [1.82, 2.24) is 4.90 Å². The molecule has 2 amide bonds. The van der Waals surface area contributed by atoms with Gasteiger partial charge in [0.15, 0.2) is 5.11 Å². The van der Waals surface area contributed by atoms with Gasteiger partial charge >= 0.3 is 0 Å². The molecule has 1 aliphatic rings. The van der Waals surface area contributed by atoms with Crippen molar-refractivity contribution in [3.8, 4) is 5.75 Å². The van der Waals surface area contributed by atoms with Crippen molar-refractivity contribution in [3.05, 3.63) is 76.5 Å². The van der Waals surface area contributed by atoms with Gasteiger partial charge < -0.3 is 15.0 Å². The van der Waals surface area contributed by atoms with Gasteiger partial charge in [-0.2, -0.15) is 0 Å². The molecule has 0 bridgehead atoms. The van der Waals surface area contributed by atoms with Crippen LogP contribution in [0, 0.1) is 6.92 Å². The van der Waals surface area contributed by atoms with E-state index in [-0.39, 0.29) is 18.2 Å². The number of ether oxygens (including phenoxy) is 1. The topological polar surface area (TPSA) is 61.9 Å². The quantitative estimate of drug-likeness (QED) is 0.477. The highest BCUT2D eigenvalue weighted by atomic mass is 32.1. The Morgan fingerprint density at radius 2 is 1.85 bits per heavy atom. The number of amides is 2. The number of thiocarbonyl (C=S) groups is 1. The summed E-state index contributed by atoms with van der Waals surface area (Å²) in [5, 5.41) is 5.37. The molecule has 1 fully saturated rings. The fraction of sp³-hybridized carbons (Fsp3) is 0.240. The zero-order chi connectivity index (χ0) is 23.4. The first-order chi connectivity index (χ1) is 16.0. The Balaban J connectivity index is 1.53. The molecule has 0 radical (unpaired) electrons. The number of benzene rings is 2. The summed E-state index contributed by atoms with van der Waals surface area (Å²) in [7, 11) is 1.59. The molecule has 170 valence electrons. The first-order valence-corrected chi connectivity index (χ1v) is 11.9. The van der Waals surface area contributed by atoms with E-state index in [1.54, 1.807) is 47.6 Å². The van der Waals surface area contributed by atoms with Crippen molar-refractivity contribution in [2.75, 3.05) is 23.9 Å². The van der Waals surface area contributed by atoms with E-state index >= 15 is 0 Å². The molecule has 3 aromatic rings. The lowest BCUT2D eigenvalue weighted by Crippen LogP contribution is -2.39. The minimum absolute atomic E-state index is 0.0117. The number of nitrogens with one attached hydrogen (secondary N) is 1. The van der Waals surface area contributed by atoms with Crippen molar-refractivity contribution in [1.29, 1.82) is 0 Å². The maximum absolute atomic E-state index is 13.4. The molecule has 2 aromatic carbocycles. The number of rotatable bonds is 8. The van der Waals surface area contributed by atoms with Crippen LogP contribution in [0.5, 0.6) is 5.75 Å². The second kappa shape index (κ2) is 10.1. The Morgan fingerprint density at radius 1 is 1.12 bits per heavy atom. The third kappa shape index (κ3) is 5.07. The van der Waals surface area contributed by atoms with E-state index in [9.17, 15) is 9.59 Å². The molecule has 0 saturated carbocycles. The summed E-state index contributed by atoms with van der Waals surface area (Å²) in [5.74, 6) is 0.283. The van der Waals surface area contributed by atoms with E-state index in [0.717, 1.165) is 6.42 Å². The van der Waals surface area contributed by atoms with Crippen LogP contribution in [0.4, 0.5) is 11.4 Å². The molecule has 4 rings (SSSR count). The molecule has 0 spiro atoms. The zero-order valence-corrected chi connectivity index (χ0v) is 20.1. The summed E-state index contributed by atoms with van der Waals surface area (Å²) in [6.07, 6.45) is 0.772. The number of aryl methyl sites for hydroxylation is 1. The molecule has 6 nitrogen and oxygen atoms in total. The smallest absolute Gasteiger partial charge is 0.256 e. The lowest BCUT2D eigenvalue weighted by atomic mass is 10.1. The predicted molar refractivity (Wildman–Crippen MR) is 136 cm³/mol. The van der Waals surface area contributed by atoms with Crippen LogP contribution in [0.3, 0.4) is 0 Å². The average Bonchev–Trinajstić information content (AvgIpc) is 3.33. The third-order valence-corrected chi connectivity index (χ3v) is 7.13. The Kier molecular flexibility index (Phi) is 7.05. The molecule has 33 heavy (non-hydrogen) atoms. The van der Waals surface area contributed by atoms with E-state index in [4.69, 9.17) is 17.0 Å². The molecule has 8 heteroatoms. The number of anilines is 2. The van der Waals surface area contributed by atoms with Crippen LogP contribution >= 0.6 is 23.6 Å². The fourth-order valence-electron chi connectivity index (χ4n) is 3.85. The standard InChI is InChI=1S/C25H25N3O3S2/c1-17-13-15-33-22(17)12-14-27-21(16-23(29)26-18-8-10-20(31-2)11-9-18)24(30)28(25(27)32)19-6-4-3-5-7-19/h3-11,13,15,21H,12,14,16H2,1-2H3,(H,26,29)/t21-/m1/s1. The highest BCUT2D eigenvalue weighted by Crippen LogP contribution is 2.28. The summed E-state index contributed by atoms with van der Waals surface area (Å²) < 4.78 is 5.16. The fourth-order valence-corrected chi connectivity index (χ4v) is 5.16. The highest BCUT2D eigenvalue weighted by molar-refractivity contribution is 7.80. The number of methoxy groups -OCH3 is 1. The van der Waals surface area contributed by atoms with Crippen LogP contribution in [0.2, 0.25) is 0 Å². The minimum atomic E-state index is -0.656. The molecular formula is C25H25N3O3S2. The summed E-state index contributed by atoms with van der Waals surface area (Å²) in [5.41, 5.74) is 2.59. The number of para-hydroxylation sites is 1. The second-order valence-corrected chi connectivity index (χ2v) is 9.12. The van der Waals surface area contributed by atoms with Crippen molar-refractivity contribution >= 4 is 51.9 Å². The van der Waals surface area contributed by atoms with Crippen LogP contribution in [0.25, 0.3) is 0 Å². The van der Waals surface area contributed by atoms with Crippen molar-refractivity contribution in [3.63, 3.8) is 0 Å². The average molecular weight is 480 g/mol. The monoisotopic (exact) mass is 479 g/mol. The van der Waals surface area contributed by atoms with Gasteiger partial charge in [0.1, 0.15) is 11.8 Å². The molecular weight excluding hydrogens is 454 g/mol. The zero-order valence-electron chi connectivity index (χ0n) is 18.5. The Morgan fingerprint density at radius 3 is 2.48 bits per heavy atom. The van der Waals surface area contributed by atoms with Crippen molar-refractivity contribution in [2.45, 2.75) is 25.8 Å². The number of carbonyl (C=O) groups is 2. The molecule has 1 aromatic heterocycles. The normalized spacial score (nSPS) is 15.8. The SMILES string of the molecule is COc1ccc(NC(=O)C[C@@H]2C(=O)N(c3ccccc3)C(=S)N2CCc2sccc2C)cc1. The van der Waals surface area contributed by atoms with E-state index in [1.807, 2.05) is 35.2 Å². The summed E-state index contributed by atoms with van der Waals surface area (Å²) in [4.78, 5) is 31.0. The van der Waals surface area contributed by atoms with Gasteiger partial charge in [-0.25, -0.2) is 0 Å². The van der Waals surface area contributed by atoms with E-state index in [2.05, 4.69) is 23.7 Å². The largest absolute Gasteiger partial charge is 0.497 e. The molecule has 1 saturated heterocycles. The van der Waals surface area contributed by atoms with E-state index < -0.39 is 6.04 Å². The van der Waals surface area contributed by atoms with Gasteiger partial charge in [0.25, 0.3) is 5.91 Å². The van der Waals surface area contributed by atoms with E-state index in [1.165, 1.54) is 10.4 Å². The Labute approximate surface area is 202 Å². The van der Waals surface area contributed by atoms with Crippen molar-refractivity contribution < 1.29 is 14.3 Å². The van der Waals surface area contributed by atoms with Gasteiger partial charge in [0, 0.05) is 17.1 Å². The molecule has 1 atom stereocenters. The summed E-state index contributed by atoms with van der Waals surface area (Å²) >= 11 is 7.42. The Hall–Kier alpha value is -3.23. The van der Waals surface area contributed by atoms with Gasteiger partial charge in [0.05, 0.1) is 19.2 Å². The van der Waals surface area contributed by atoms with Crippen LogP contribution in [-0.2, 0) is 16.0 Å². The lowest BCUT2D eigenvalue weighted by Gasteiger charge is -2.23. The van der Waals surface area contributed by atoms with Crippen LogP contribution in [0.15, 0.2) is 66.0 Å². The maximum Gasteiger partial charge on any atom is 0.256 e. The summed E-state index contributed by atoms with van der Waals surface area (Å²) in [6.45, 7) is 2.64. The second-order valence-electron chi connectivity index (χ2n) is 7.76. The molecule has 0 unspecified atom stereocenters. The van der Waals surface area contributed by atoms with Gasteiger partial charge in [-0.1, -0.05) is 18.2 Å². The van der Waals surface area contributed by atoms with E-state index in [0.29, 0.717) is 28.8 Å². The van der Waals surface area contributed by atoms with Gasteiger partial charge in [0.2, 0.25) is 5.91 Å². The van der Waals surface area contributed by atoms with Gasteiger partial charge in [-0.15, -0.1) is 11.3 Å². The molecule has 2 heterocycles. The number of nitrogens with zero attached hydrogens (tertiary/aromatic N) is 2. The first-order valence-electron chi connectivity index (χ1n) is 10.6. The number of carbonyl (C=O) groups excluding carboxylic acids is 2. The van der Waals surface area contributed by atoms with Crippen LogP contribution < -0.4 is 15.0 Å². The van der Waals surface area contributed by atoms with Gasteiger partial charge in [-0.05, 0) is 79.0 Å². The third-order valence-electron chi connectivity index (χ3n) is 5.63. The van der Waals surface area contributed by atoms with Crippen molar-refractivity contribution in [2.24, 2.45) is 0 Å². The van der Waals surface area contributed by atoms with Gasteiger partial charge in [-0.3, -0.25) is 14.5 Å². The minimum Gasteiger partial charge on any atom is -0.497 e. The molecule has 1 aliphatic heterocycles. The number of hydrogen-bond donors (Lipinski definition) is 1. The predicted octanol–water partition coefficient (Wildman–Crippen LogP) is 4.64. The summed E-state index contributed by atoms with van der Waals surface area (Å²) in [6, 6.07) is 17.9. The number of thiophene rings is 1. The highest BCUT2D eigenvalue weighted by Gasteiger charge is 2.43. The van der Waals surface area contributed by atoms with Crippen LogP contribution in [0.1, 0.15) is 16.9 Å². The van der Waals surface area contributed by atoms with Crippen LogP contribution in [-0.4, -0.2) is 41.5 Å². The maximum atomic E-state index is 13.4. The Bertz CT molecular complexity index is 1150. The molecule has 0 aliphatic carbocycles. The lowest BCUT2D eigenvalue weighted by molar-refractivity contribution is -0.124. The number of hydrogen-bond acceptors (Lipinski definition) is 5. The molecule has 1 N–H and O–H groups in total. The first kappa shape index (κ1) is 22.9.